The maximum atomic E-state index is 12.8. The van der Waals surface area contributed by atoms with Gasteiger partial charge in [-0.25, -0.2) is 0 Å². The number of fused-ring (bicyclic) bond motifs is 1. The van der Waals surface area contributed by atoms with Crippen molar-refractivity contribution >= 4 is 17.7 Å². The maximum absolute atomic E-state index is 12.8. The summed E-state index contributed by atoms with van der Waals surface area (Å²) in [6.45, 7) is 3.38. The summed E-state index contributed by atoms with van der Waals surface area (Å²) in [5.41, 5.74) is 2.33. The highest BCUT2D eigenvalue weighted by molar-refractivity contribution is 5.94. The van der Waals surface area contributed by atoms with Crippen molar-refractivity contribution in [2.24, 2.45) is 7.05 Å². The Morgan fingerprint density at radius 2 is 1.86 bits per heavy atom. The minimum Gasteiger partial charge on any atom is -0.383 e. The van der Waals surface area contributed by atoms with E-state index in [2.05, 4.69) is 10.4 Å². The lowest BCUT2D eigenvalue weighted by atomic mass is 10.0. The van der Waals surface area contributed by atoms with Crippen LogP contribution in [0.25, 0.3) is 0 Å². The second kappa shape index (κ2) is 9.18. The van der Waals surface area contributed by atoms with Gasteiger partial charge in [0.15, 0.2) is 5.69 Å². The molecule has 0 radical (unpaired) electrons. The summed E-state index contributed by atoms with van der Waals surface area (Å²) in [6, 6.07) is 0. The van der Waals surface area contributed by atoms with Gasteiger partial charge in [-0.3, -0.25) is 19.1 Å². The summed E-state index contributed by atoms with van der Waals surface area (Å²) in [4.78, 5) is 40.8. The van der Waals surface area contributed by atoms with Crippen LogP contribution in [0.15, 0.2) is 0 Å². The van der Waals surface area contributed by atoms with E-state index in [4.69, 9.17) is 4.74 Å². The molecule has 1 aromatic heterocycles. The third-order valence-corrected chi connectivity index (χ3v) is 5.39. The fourth-order valence-electron chi connectivity index (χ4n) is 3.81. The monoisotopic (exact) mass is 391 g/mol. The van der Waals surface area contributed by atoms with Crippen LogP contribution in [0.5, 0.6) is 0 Å². The molecule has 9 nitrogen and oxygen atoms in total. The molecule has 2 aliphatic heterocycles. The van der Waals surface area contributed by atoms with Crippen LogP contribution in [0.4, 0.5) is 0 Å². The minimum atomic E-state index is -0.158. The third kappa shape index (κ3) is 4.52. The molecular formula is C19H29N5O4. The lowest BCUT2D eigenvalue weighted by Crippen LogP contribution is -2.38. The van der Waals surface area contributed by atoms with Gasteiger partial charge in [0.1, 0.15) is 0 Å². The molecule has 3 amide bonds. The first-order valence-corrected chi connectivity index (χ1v) is 9.88. The van der Waals surface area contributed by atoms with Gasteiger partial charge in [-0.05, 0) is 12.8 Å². The van der Waals surface area contributed by atoms with Gasteiger partial charge in [0.2, 0.25) is 11.8 Å². The van der Waals surface area contributed by atoms with Crippen LogP contribution in [0, 0.1) is 0 Å². The van der Waals surface area contributed by atoms with Crippen LogP contribution in [0.2, 0.25) is 0 Å². The van der Waals surface area contributed by atoms with Crippen molar-refractivity contribution in [1.29, 1.82) is 0 Å². The third-order valence-electron chi connectivity index (χ3n) is 5.39. The number of hydrogen-bond acceptors (Lipinski definition) is 5. The zero-order chi connectivity index (χ0) is 20.1. The molecule has 0 aromatic carbocycles. The predicted octanol–water partition coefficient (Wildman–Crippen LogP) is 0.0836. The van der Waals surface area contributed by atoms with E-state index < -0.39 is 0 Å². The van der Waals surface area contributed by atoms with Crippen molar-refractivity contribution in [3.05, 3.63) is 17.0 Å². The van der Waals surface area contributed by atoms with E-state index in [1.165, 1.54) is 0 Å². The van der Waals surface area contributed by atoms with Crippen molar-refractivity contribution in [1.82, 2.24) is 24.9 Å². The Morgan fingerprint density at radius 3 is 2.57 bits per heavy atom. The molecule has 1 saturated heterocycles. The molecular weight excluding hydrogens is 362 g/mol. The number of hydrogen-bond donors (Lipinski definition) is 1. The molecule has 0 spiro atoms. The van der Waals surface area contributed by atoms with Crippen LogP contribution < -0.4 is 5.32 Å². The average Bonchev–Trinajstić information content (AvgIpc) is 3.34. The number of nitrogens with one attached hydrogen (secondary N) is 1. The van der Waals surface area contributed by atoms with Crippen LogP contribution >= 0.6 is 0 Å². The Hall–Kier alpha value is -2.42. The van der Waals surface area contributed by atoms with Crippen molar-refractivity contribution in [2.45, 2.75) is 38.6 Å². The molecule has 0 atom stereocenters. The standard InChI is InChI=1S/C19H29N5O4/c1-22-15-7-11-24(17(26)6-5-16(25)20-8-12-28-2)13-14(15)18(21-22)19(27)23-9-3-4-10-23/h3-13H2,1-2H3,(H,20,25). The van der Waals surface area contributed by atoms with Crippen LogP contribution in [-0.2, 0) is 34.3 Å². The molecule has 154 valence electrons. The SMILES string of the molecule is COCCNC(=O)CCC(=O)N1CCc2c(c(C(=O)N3CCCC3)nn2C)C1. The van der Waals surface area contributed by atoms with Crippen molar-refractivity contribution in [3.63, 3.8) is 0 Å². The summed E-state index contributed by atoms with van der Waals surface area (Å²) >= 11 is 0. The van der Waals surface area contributed by atoms with E-state index in [1.807, 2.05) is 11.9 Å². The summed E-state index contributed by atoms with van der Waals surface area (Å²) in [6.07, 6.45) is 3.02. The molecule has 3 heterocycles. The summed E-state index contributed by atoms with van der Waals surface area (Å²) in [5, 5.41) is 7.18. The van der Waals surface area contributed by atoms with Crippen molar-refractivity contribution < 1.29 is 19.1 Å². The number of nitrogens with zero attached hydrogens (tertiary/aromatic N) is 4. The normalized spacial score (nSPS) is 16.2. The van der Waals surface area contributed by atoms with Gasteiger partial charge in [-0.15, -0.1) is 0 Å². The quantitative estimate of drug-likeness (QED) is 0.664. The molecule has 0 bridgehead atoms. The smallest absolute Gasteiger partial charge is 0.274 e. The van der Waals surface area contributed by atoms with Gasteiger partial charge in [-0.2, -0.15) is 5.10 Å². The highest BCUT2D eigenvalue weighted by Crippen LogP contribution is 2.25. The molecule has 2 aliphatic rings. The second-order valence-electron chi connectivity index (χ2n) is 7.30. The zero-order valence-corrected chi connectivity index (χ0v) is 16.7. The average molecular weight is 391 g/mol. The van der Waals surface area contributed by atoms with Gasteiger partial charge >= 0.3 is 0 Å². The van der Waals surface area contributed by atoms with Crippen molar-refractivity contribution in [3.8, 4) is 0 Å². The fourth-order valence-corrected chi connectivity index (χ4v) is 3.81. The molecule has 0 unspecified atom stereocenters. The predicted molar refractivity (Wildman–Crippen MR) is 102 cm³/mol. The number of carbonyl (C=O) groups is 3. The number of likely N-dealkylation sites (tertiary alicyclic amines) is 1. The number of amides is 3. The largest absolute Gasteiger partial charge is 0.383 e. The van der Waals surface area contributed by atoms with Crippen LogP contribution in [0.1, 0.15) is 47.4 Å². The molecule has 0 aliphatic carbocycles. The second-order valence-corrected chi connectivity index (χ2v) is 7.30. The highest BCUT2D eigenvalue weighted by atomic mass is 16.5. The molecule has 9 heteroatoms. The molecule has 1 fully saturated rings. The Morgan fingerprint density at radius 1 is 1.11 bits per heavy atom. The zero-order valence-electron chi connectivity index (χ0n) is 16.7. The van der Waals surface area contributed by atoms with Crippen LogP contribution in [0.3, 0.4) is 0 Å². The number of aryl methyl sites for hydroxylation is 1. The molecule has 0 saturated carbocycles. The summed E-state index contributed by atoms with van der Waals surface area (Å²) in [5.74, 6) is -0.272. The Kier molecular flexibility index (Phi) is 6.66. The highest BCUT2D eigenvalue weighted by Gasteiger charge is 2.31. The maximum Gasteiger partial charge on any atom is 0.274 e. The van der Waals surface area contributed by atoms with E-state index in [1.54, 1.807) is 16.7 Å². The fraction of sp³-hybridized carbons (Fsp3) is 0.684. The van der Waals surface area contributed by atoms with E-state index >= 15 is 0 Å². The van der Waals surface area contributed by atoms with Gasteiger partial charge in [-0.1, -0.05) is 0 Å². The summed E-state index contributed by atoms with van der Waals surface area (Å²) in [7, 11) is 3.42. The summed E-state index contributed by atoms with van der Waals surface area (Å²) < 4.78 is 6.65. The first-order chi connectivity index (χ1) is 13.5. The lowest BCUT2D eigenvalue weighted by molar-refractivity contribution is -0.134. The topological polar surface area (TPSA) is 96.8 Å². The van der Waals surface area contributed by atoms with E-state index in [0.717, 1.165) is 37.2 Å². The number of methoxy groups -OCH3 is 1. The Balaban J connectivity index is 1.61. The van der Waals surface area contributed by atoms with E-state index in [-0.39, 0.29) is 30.6 Å². The van der Waals surface area contributed by atoms with Crippen LogP contribution in [-0.4, -0.2) is 77.2 Å². The van der Waals surface area contributed by atoms with Gasteiger partial charge in [0.05, 0.1) is 6.61 Å². The lowest BCUT2D eigenvalue weighted by Gasteiger charge is -2.28. The first kappa shape index (κ1) is 20.3. The van der Waals surface area contributed by atoms with E-state index in [0.29, 0.717) is 38.4 Å². The molecule has 3 rings (SSSR count). The number of carbonyl (C=O) groups excluding carboxylic acids is 3. The number of rotatable bonds is 7. The minimum absolute atomic E-state index is 0.0406. The first-order valence-electron chi connectivity index (χ1n) is 9.88. The number of aromatic nitrogens is 2. The van der Waals surface area contributed by atoms with Crippen molar-refractivity contribution in [2.75, 3.05) is 39.9 Å². The van der Waals surface area contributed by atoms with Gasteiger partial charge in [0, 0.05) is 77.4 Å². The molecule has 1 aromatic rings. The van der Waals surface area contributed by atoms with E-state index in [9.17, 15) is 14.4 Å². The number of ether oxygens (including phenoxy) is 1. The van der Waals surface area contributed by atoms with Gasteiger partial charge in [0.25, 0.3) is 5.91 Å². The molecule has 28 heavy (non-hydrogen) atoms. The Labute approximate surface area is 165 Å². The van der Waals surface area contributed by atoms with Gasteiger partial charge < -0.3 is 19.9 Å². The Bertz CT molecular complexity index is 739. The molecule has 1 N–H and O–H groups in total.